The van der Waals surface area contributed by atoms with Gasteiger partial charge in [0.15, 0.2) is 0 Å². The lowest BCUT2D eigenvalue weighted by molar-refractivity contribution is -0.137. The van der Waals surface area contributed by atoms with Crippen LogP contribution in [0.4, 0.5) is 13.2 Å². The maximum atomic E-state index is 12.5. The van der Waals surface area contributed by atoms with E-state index >= 15 is 0 Å². The zero-order valence-corrected chi connectivity index (χ0v) is 12.3. The molecule has 1 aromatic heterocycles. The van der Waals surface area contributed by atoms with Crippen LogP contribution in [0, 0.1) is 0 Å². The second-order valence-corrected chi connectivity index (χ2v) is 6.25. The lowest BCUT2D eigenvalue weighted by Crippen LogP contribution is -2.19. The Hall–Kier alpha value is -1.33. The molecule has 0 amide bonds. The Morgan fingerprint density at radius 1 is 1.14 bits per heavy atom. The Morgan fingerprint density at radius 2 is 1.90 bits per heavy atom. The summed E-state index contributed by atoms with van der Waals surface area (Å²) in [6.45, 7) is 2.71. The van der Waals surface area contributed by atoms with Gasteiger partial charge in [-0.05, 0) is 59.0 Å². The molecule has 5 heteroatoms. The topological polar surface area (TPSA) is 3.24 Å². The van der Waals surface area contributed by atoms with Crippen molar-refractivity contribution in [2.24, 2.45) is 0 Å². The van der Waals surface area contributed by atoms with Crippen molar-refractivity contribution in [1.82, 2.24) is 4.90 Å². The van der Waals surface area contributed by atoms with Gasteiger partial charge in [-0.1, -0.05) is 12.1 Å². The van der Waals surface area contributed by atoms with E-state index in [0.717, 1.165) is 31.6 Å². The van der Waals surface area contributed by atoms with Crippen molar-refractivity contribution < 1.29 is 13.2 Å². The quantitative estimate of drug-likeness (QED) is 0.790. The molecule has 1 saturated heterocycles. The molecule has 21 heavy (non-hydrogen) atoms. The number of likely N-dealkylation sites (tertiary alicyclic amines) is 1. The van der Waals surface area contributed by atoms with E-state index in [0.29, 0.717) is 5.92 Å². The second kappa shape index (κ2) is 5.81. The molecule has 1 fully saturated rings. The number of hydrogen-bond acceptors (Lipinski definition) is 2. The fourth-order valence-electron chi connectivity index (χ4n) is 2.81. The number of nitrogens with zero attached hydrogens (tertiary/aromatic N) is 1. The summed E-state index contributed by atoms with van der Waals surface area (Å²) in [6, 6.07) is 7.67. The van der Waals surface area contributed by atoms with Crippen LogP contribution in [0.2, 0.25) is 0 Å². The summed E-state index contributed by atoms with van der Waals surface area (Å²) in [6.07, 6.45) is -3.13. The van der Waals surface area contributed by atoms with E-state index in [1.54, 1.807) is 23.5 Å². The minimum absolute atomic E-state index is 0.561. The fourth-order valence-corrected chi connectivity index (χ4v) is 3.56. The van der Waals surface area contributed by atoms with Crippen LogP contribution in [0.15, 0.2) is 41.1 Å². The molecule has 1 aliphatic heterocycles. The van der Waals surface area contributed by atoms with Crippen LogP contribution in [0.3, 0.4) is 0 Å². The molecule has 3 rings (SSSR count). The van der Waals surface area contributed by atoms with Crippen molar-refractivity contribution in [3.8, 4) is 0 Å². The third-order valence-electron chi connectivity index (χ3n) is 3.97. The maximum Gasteiger partial charge on any atom is 0.416 e. The fraction of sp³-hybridized carbons (Fsp3) is 0.375. The molecule has 1 aromatic carbocycles. The molecule has 0 N–H and O–H groups in total. The molecule has 1 aliphatic rings. The average molecular weight is 311 g/mol. The minimum Gasteiger partial charge on any atom is -0.298 e. The molecular formula is C16H16F3NS. The van der Waals surface area contributed by atoms with E-state index in [4.69, 9.17) is 0 Å². The molecule has 0 saturated carbocycles. The predicted octanol–water partition coefficient (Wildman–Crippen LogP) is 4.76. The number of halogens is 3. The predicted molar refractivity (Wildman–Crippen MR) is 78.4 cm³/mol. The number of benzene rings is 1. The Morgan fingerprint density at radius 3 is 2.52 bits per heavy atom. The van der Waals surface area contributed by atoms with E-state index < -0.39 is 11.7 Å². The van der Waals surface area contributed by atoms with Crippen molar-refractivity contribution >= 4 is 11.3 Å². The summed E-state index contributed by atoms with van der Waals surface area (Å²) in [5.74, 6) is 0.561. The van der Waals surface area contributed by atoms with Crippen molar-refractivity contribution in [3.63, 3.8) is 0 Å². The van der Waals surface area contributed by atoms with Crippen molar-refractivity contribution in [1.29, 1.82) is 0 Å². The molecule has 0 bridgehead atoms. The van der Waals surface area contributed by atoms with Gasteiger partial charge in [-0.2, -0.15) is 24.5 Å². The summed E-state index contributed by atoms with van der Waals surface area (Å²) in [7, 11) is 0. The third-order valence-corrected chi connectivity index (χ3v) is 4.68. The highest BCUT2D eigenvalue weighted by Gasteiger charge is 2.30. The summed E-state index contributed by atoms with van der Waals surface area (Å²) < 4.78 is 37.6. The van der Waals surface area contributed by atoms with Crippen molar-refractivity contribution in [2.45, 2.75) is 25.1 Å². The van der Waals surface area contributed by atoms with Crippen LogP contribution >= 0.6 is 11.3 Å². The highest BCUT2D eigenvalue weighted by atomic mass is 32.1. The molecule has 0 spiro atoms. The second-order valence-electron chi connectivity index (χ2n) is 5.47. The van der Waals surface area contributed by atoms with E-state index in [-0.39, 0.29) is 0 Å². The van der Waals surface area contributed by atoms with Gasteiger partial charge in [0.25, 0.3) is 0 Å². The first-order valence-corrected chi connectivity index (χ1v) is 7.87. The first kappa shape index (κ1) is 14.6. The minimum atomic E-state index is -4.25. The summed E-state index contributed by atoms with van der Waals surface area (Å²) in [5, 5.41) is 4.28. The van der Waals surface area contributed by atoms with Gasteiger partial charge in [0.1, 0.15) is 0 Å². The Labute approximate surface area is 126 Å². The van der Waals surface area contributed by atoms with Crippen LogP contribution in [-0.2, 0) is 12.7 Å². The molecule has 2 aromatic rings. The molecule has 0 unspecified atom stereocenters. The highest BCUT2D eigenvalue weighted by molar-refractivity contribution is 7.07. The van der Waals surface area contributed by atoms with E-state index in [1.807, 2.05) is 0 Å². The average Bonchev–Trinajstić information content (AvgIpc) is 3.08. The Balaban J connectivity index is 1.60. The first-order chi connectivity index (χ1) is 10.0. The lowest BCUT2D eigenvalue weighted by Gasteiger charge is -2.16. The van der Waals surface area contributed by atoms with Crippen LogP contribution in [0.5, 0.6) is 0 Å². The Bertz CT molecular complexity index is 575. The van der Waals surface area contributed by atoms with Crippen LogP contribution in [0.1, 0.15) is 29.0 Å². The summed E-state index contributed by atoms with van der Waals surface area (Å²) >= 11 is 1.71. The van der Waals surface area contributed by atoms with Gasteiger partial charge in [0.2, 0.25) is 0 Å². The maximum absolute atomic E-state index is 12.5. The zero-order valence-electron chi connectivity index (χ0n) is 11.4. The van der Waals surface area contributed by atoms with Gasteiger partial charge in [-0.3, -0.25) is 4.90 Å². The van der Waals surface area contributed by atoms with Gasteiger partial charge in [-0.15, -0.1) is 0 Å². The number of rotatable bonds is 3. The van der Waals surface area contributed by atoms with Gasteiger partial charge < -0.3 is 0 Å². The first-order valence-electron chi connectivity index (χ1n) is 6.93. The van der Waals surface area contributed by atoms with Crippen LogP contribution < -0.4 is 0 Å². The number of thiophene rings is 1. The van der Waals surface area contributed by atoms with E-state index in [9.17, 15) is 13.2 Å². The van der Waals surface area contributed by atoms with Gasteiger partial charge in [0, 0.05) is 13.1 Å². The van der Waals surface area contributed by atoms with Gasteiger partial charge >= 0.3 is 6.18 Å². The largest absolute Gasteiger partial charge is 0.416 e. The molecule has 0 radical (unpaired) electrons. The molecule has 1 atom stereocenters. The van der Waals surface area contributed by atoms with Gasteiger partial charge in [0.05, 0.1) is 5.56 Å². The smallest absolute Gasteiger partial charge is 0.298 e. The molecule has 0 aliphatic carbocycles. The SMILES string of the molecule is FC(F)(F)c1ccc(CN2CC[C@@H](c3ccsc3)C2)cc1. The molecule has 112 valence electrons. The van der Waals surface area contributed by atoms with Crippen LogP contribution in [0.25, 0.3) is 0 Å². The standard InChI is InChI=1S/C16H16F3NS/c17-16(18,19)15-3-1-12(2-4-15)9-20-7-5-13(10-20)14-6-8-21-11-14/h1-4,6,8,11,13H,5,7,9-10H2/t13-/m1/s1. The molecule has 1 nitrogen and oxygen atoms in total. The van der Waals surface area contributed by atoms with E-state index in [1.165, 1.54) is 17.7 Å². The summed E-state index contributed by atoms with van der Waals surface area (Å²) in [5.41, 5.74) is 1.74. The lowest BCUT2D eigenvalue weighted by atomic mass is 10.0. The Kier molecular flexibility index (Phi) is 4.04. The monoisotopic (exact) mass is 311 g/mol. The van der Waals surface area contributed by atoms with Crippen LogP contribution in [-0.4, -0.2) is 18.0 Å². The third kappa shape index (κ3) is 3.47. The zero-order chi connectivity index (χ0) is 14.9. The number of alkyl halides is 3. The van der Waals surface area contributed by atoms with Crippen molar-refractivity contribution in [3.05, 3.63) is 57.8 Å². The van der Waals surface area contributed by atoms with Crippen molar-refractivity contribution in [2.75, 3.05) is 13.1 Å². The molecule has 2 heterocycles. The normalized spacial score (nSPS) is 20.0. The van der Waals surface area contributed by atoms with Gasteiger partial charge in [-0.25, -0.2) is 0 Å². The van der Waals surface area contributed by atoms with E-state index in [2.05, 4.69) is 21.7 Å². The molecular weight excluding hydrogens is 295 g/mol. The summed E-state index contributed by atoms with van der Waals surface area (Å²) in [4.78, 5) is 2.31. The highest BCUT2D eigenvalue weighted by Crippen LogP contribution is 2.31. The number of hydrogen-bond donors (Lipinski definition) is 0.